The zero-order chi connectivity index (χ0) is 12.4. The van der Waals surface area contributed by atoms with Gasteiger partial charge in [-0.25, -0.2) is 0 Å². The molecule has 102 valence electrons. The fourth-order valence-electron chi connectivity index (χ4n) is 4.61. The Balaban J connectivity index is 1.32. The highest BCUT2D eigenvalue weighted by Gasteiger charge is 2.58. The highest BCUT2D eigenvalue weighted by molar-refractivity contribution is 5.43. The van der Waals surface area contributed by atoms with Crippen LogP contribution in [-0.2, 0) is 9.47 Å². The predicted molar refractivity (Wildman–Crippen MR) is 72.8 cm³/mol. The summed E-state index contributed by atoms with van der Waals surface area (Å²) >= 11 is 0. The smallest absolute Gasteiger partial charge is 0.0850 e. The minimum absolute atomic E-state index is 0.540. The van der Waals surface area contributed by atoms with Gasteiger partial charge in [0, 0.05) is 6.42 Å². The van der Waals surface area contributed by atoms with Gasteiger partial charge in [-0.1, -0.05) is 17.7 Å². The molecule has 0 N–H and O–H groups in total. The van der Waals surface area contributed by atoms with E-state index in [-0.39, 0.29) is 0 Å². The third-order valence-electron chi connectivity index (χ3n) is 5.89. The van der Waals surface area contributed by atoms with Crippen molar-refractivity contribution in [3.63, 3.8) is 0 Å². The monoisotopic (exact) mass is 258 g/mol. The highest BCUT2D eigenvalue weighted by atomic mass is 16.6. The van der Waals surface area contributed by atoms with Gasteiger partial charge in [0.2, 0.25) is 0 Å². The third-order valence-corrected chi connectivity index (χ3v) is 5.89. The van der Waals surface area contributed by atoms with Gasteiger partial charge in [0.05, 0.1) is 25.4 Å². The second-order valence-electron chi connectivity index (χ2n) is 7.34. The first-order valence-electron chi connectivity index (χ1n) is 7.97. The summed E-state index contributed by atoms with van der Waals surface area (Å²) in [5.41, 5.74) is 3.95. The summed E-state index contributed by atoms with van der Waals surface area (Å²) in [5, 5.41) is 0. The second-order valence-corrected chi connectivity index (χ2v) is 7.34. The number of allylic oxidation sites excluding steroid dienone is 3. The first-order valence-corrected chi connectivity index (χ1v) is 7.97. The summed E-state index contributed by atoms with van der Waals surface area (Å²) in [6.07, 6.45) is 14.4. The highest BCUT2D eigenvalue weighted by Crippen LogP contribution is 2.68. The summed E-state index contributed by atoms with van der Waals surface area (Å²) in [4.78, 5) is 0. The van der Waals surface area contributed by atoms with Gasteiger partial charge >= 0.3 is 0 Å². The lowest BCUT2D eigenvalue weighted by Gasteiger charge is -2.34. The molecule has 0 bridgehead atoms. The Hall–Kier alpha value is -0.600. The van der Waals surface area contributed by atoms with Crippen LogP contribution in [0.3, 0.4) is 0 Å². The van der Waals surface area contributed by atoms with Gasteiger partial charge < -0.3 is 9.47 Å². The average molecular weight is 258 g/mol. The molecule has 2 heteroatoms. The topological polar surface area (TPSA) is 25.1 Å². The number of hydrogen-bond acceptors (Lipinski definition) is 2. The van der Waals surface area contributed by atoms with E-state index in [1.54, 1.807) is 11.1 Å². The number of epoxide rings is 2. The van der Waals surface area contributed by atoms with Gasteiger partial charge in [-0.15, -0.1) is 0 Å². The number of rotatable bonds is 4. The van der Waals surface area contributed by atoms with Crippen LogP contribution < -0.4 is 0 Å². The van der Waals surface area contributed by atoms with Crippen molar-refractivity contribution >= 4 is 0 Å². The Morgan fingerprint density at radius 3 is 2.79 bits per heavy atom. The summed E-state index contributed by atoms with van der Waals surface area (Å²) < 4.78 is 10.8. The van der Waals surface area contributed by atoms with Gasteiger partial charge in [-0.3, -0.25) is 0 Å². The van der Waals surface area contributed by atoms with Crippen molar-refractivity contribution in [3.8, 4) is 0 Å². The number of ether oxygens (including phenoxy) is 2. The molecular weight excluding hydrogens is 236 g/mol. The molecule has 2 nitrogen and oxygen atoms in total. The van der Waals surface area contributed by atoms with Crippen molar-refractivity contribution in [1.82, 2.24) is 0 Å². The maximum atomic E-state index is 5.42. The molecule has 2 saturated heterocycles. The van der Waals surface area contributed by atoms with Crippen LogP contribution in [-0.4, -0.2) is 25.4 Å². The average Bonchev–Trinajstić information content (AvgIpc) is 3.21. The first-order chi connectivity index (χ1) is 9.32. The molecule has 0 aromatic heterocycles. The van der Waals surface area contributed by atoms with E-state index in [2.05, 4.69) is 12.2 Å². The van der Waals surface area contributed by atoms with Crippen molar-refractivity contribution in [1.29, 1.82) is 0 Å². The largest absolute Gasteiger partial charge is 0.373 e. The molecule has 0 aromatic rings. The molecule has 1 spiro atoms. The van der Waals surface area contributed by atoms with Gasteiger partial charge in [-0.2, -0.15) is 0 Å². The molecule has 0 aromatic carbocycles. The van der Waals surface area contributed by atoms with E-state index in [9.17, 15) is 0 Å². The third kappa shape index (κ3) is 1.92. The molecule has 0 amide bonds. The Morgan fingerprint density at radius 2 is 2.00 bits per heavy atom. The van der Waals surface area contributed by atoms with Crippen molar-refractivity contribution in [2.75, 3.05) is 13.2 Å². The van der Waals surface area contributed by atoms with Crippen LogP contribution in [0.15, 0.2) is 23.3 Å². The fourth-order valence-corrected chi connectivity index (χ4v) is 4.61. The van der Waals surface area contributed by atoms with Crippen molar-refractivity contribution < 1.29 is 9.47 Å². The standard InChI is InChI=1S/C17H22O2/c1-2-13-3-12(6-16-10-19-16)4-14-8-17(13,14)7-11(1)5-15-9-18-15/h3-4,11,14-16H,1-2,5-10H2. The quantitative estimate of drug-likeness (QED) is 0.723. The molecule has 3 aliphatic carbocycles. The normalized spacial score (nSPS) is 49.7. The Morgan fingerprint density at radius 1 is 1.16 bits per heavy atom. The van der Waals surface area contributed by atoms with Crippen molar-refractivity contribution in [2.45, 2.75) is 50.7 Å². The molecule has 2 heterocycles. The lowest BCUT2D eigenvalue weighted by atomic mass is 9.70. The minimum atomic E-state index is 0.540. The predicted octanol–water partition coefficient (Wildman–Crippen LogP) is 3.24. The Kier molecular flexibility index (Phi) is 2.18. The van der Waals surface area contributed by atoms with Crippen LogP contribution >= 0.6 is 0 Å². The van der Waals surface area contributed by atoms with Crippen LogP contribution in [0.1, 0.15) is 38.5 Å². The molecule has 4 fully saturated rings. The van der Waals surface area contributed by atoms with Crippen LogP contribution in [0.25, 0.3) is 0 Å². The van der Waals surface area contributed by atoms with Crippen LogP contribution in [0.5, 0.6) is 0 Å². The van der Waals surface area contributed by atoms with E-state index >= 15 is 0 Å². The second kappa shape index (κ2) is 3.73. The molecule has 0 radical (unpaired) electrons. The minimum Gasteiger partial charge on any atom is -0.373 e. The van der Waals surface area contributed by atoms with Gasteiger partial charge in [0.15, 0.2) is 0 Å². The van der Waals surface area contributed by atoms with E-state index < -0.39 is 0 Å². The molecule has 2 aliphatic heterocycles. The van der Waals surface area contributed by atoms with E-state index in [1.165, 1.54) is 32.1 Å². The lowest BCUT2D eigenvalue weighted by molar-refractivity contribution is 0.260. The Labute approximate surface area is 114 Å². The summed E-state index contributed by atoms with van der Waals surface area (Å²) in [6, 6.07) is 0. The SMILES string of the molecule is C1=C(CC2CO2)C=C2CCC(CC3CO3)CC23CC13. The van der Waals surface area contributed by atoms with E-state index in [0.717, 1.165) is 31.5 Å². The molecule has 2 saturated carbocycles. The molecule has 5 rings (SSSR count). The summed E-state index contributed by atoms with van der Waals surface area (Å²) in [5.74, 6) is 1.79. The molecule has 5 unspecified atom stereocenters. The molecule has 5 atom stereocenters. The number of hydrogen-bond donors (Lipinski definition) is 0. The van der Waals surface area contributed by atoms with Crippen molar-refractivity contribution in [2.24, 2.45) is 17.3 Å². The summed E-state index contributed by atoms with van der Waals surface area (Å²) in [7, 11) is 0. The fraction of sp³-hybridized carbons (Fsp3) is 0.765. The van der Waals surface area contributed by atoms with Crippen LogP contribution in [0.2, 0.25) is 0 Å². The van der Waals surface area contributed by atoms with E-state index in [0.29, 0.717) is 17.6 Å². The molecule has 5 aliphatic rings. The van der Waals surface area contributed by atoms with Crippen LogP contribution in [0.4, 0.5) is 0 Å². The van der Waals surface area contributed by atoms with E-state index in [1.807, 2.05) is 0 Å². The van der Waals surface area contributed by atoms with E-state index in [4.69, 9.17) is 9.47 Å². The molecule has 19 heavy (non-hydrogen) atoms. The zero-order valence-corrected chi connectivity index (χ0v) is 11.4. The van der Waals surface area contributed by atoms with Gasteiger partial charge in [0.25, 0.3) is 0 Å². The molecular formula is C17H22O2. The van der Waals surface area contributed by atoms with Crippen molar-refractivity contribution in [3.05, 3.63) is 23.3 Å². The van der Waals surface area contributed by atoms with Gasteiger partial charge in [0.1, 0.15) is 0 Å². The summed E-state index contributed by atoms with van der Waals surface area (Å²) in [6.45, 7) is 2.01. The zero-order valence-electron chi connectivity index (χ0n) is 11.4. The maximum absolute atomic E-state index is 5.42. The van der Waals surface area contributed by atoms with Crippen LogP contribution in [0, 0.1) is 17.3 Å². The first kappa shape index (κ1) is 11.1. The maximum Gasteiger partial charge on any atom is 0.0850 e. The lowest BCUT2D eigenvalue weighted by Crippen LogP contribution is -2.23. The Bertz CT molecular complexity index is 470. The van der Waals surface area contributed by atoms with Gasteiger partial charge in [-0.05, 0) is 54.9 Å².